The summed E-state index contributed by atoms with van der Waals surface area (Å²) in [6, 6.07) is 5.33. The number of thiazole rings is 2. The molecule has 0 atom stereocenters. The molecule has 12 nitrogen and oxygen atoms in total. The SMILES string of the molecule is O=c1[nH]c2c(S(=O)(=O)O)c(NNc3ccc4sc(=O)[nH]c4c3S(=O)(=O)O)ccc2s1. The molecular formula is C14H10N4O8S4. The number of benzene rings is 2. The van der Waals surface area contributed by atoms with E-state index >= 15 is 0 Å². The van der Waals surface area contributed by atoms with Gasteiger partial charge < -0.3 is 9.97 Å². The van der Waals surface area contributed by atoms with Crippen LogP contribution >= 0.6 is 22.7 Å². The molecule has 0 unspecified atom stereocenters. The molecular weight excluding hydrogens is 480 g/mol. The monoisotopic (exact) mass is 490 g/mol. The Morgan fingerprint density at radius 3 is 1.40 bits per heavy atom. The number of hydrazine groups is 1. The van der Waals surface area contributed by atoms with Gasteiger partial charge in [-0.25, -0.2) is 0 Å². The van der Waals surface area contributed by atoms with E-state index in [0.717, 1.165) is 22.7 Å². The van der Waals surface area contributed by atoms with Gasteiger partial charge in [-0.2, -0.15) is 16.8 Å². The second-order valence-corrected chi connectivity index (χ2v) is 10.6. The van der Waals surface area contributed by atoms with Gasteiger partial charge in [0.1, 0.15) is 9.79 Å². The van der Waals surface area contributed by atoms with E-state index in [2.05, 4.69) is 20.8 Å². The highest BCUT2D eigenvalue weighted by Crippen LogP contribution is 2.33. The second kappa shape index (κ2) is 6.89. The van der Waals surface area contributed by atoms with Crippen molar-refractivity contribution in [2.24, 2.45) is 0 Å². The van der Waals surface area contributed by atoms with E-state index in [0.29, 0.717) is 0 Å². The molecule has 0 spiro atoms. The van der Waals surface area contributed by atoms with Crippen LogP contribution in [0.25, 0.3) is 20.4 Å². The summed E-state index contributed by atoms with van der Waals surface area (Å²) in [5.74, 6) is 0. The molecule has 0 saturated carbocycles. The Bertz CT molecular complexity index is 1520. The zero-order chi connectivity index (χ0) is 21.8. The first-order valence-electron chi connectivity index (χ1n) is 7.74. The Hall–Kier alpha value is -2.76. The van der Waals surface area contributed by atoms with Crippen LogP contribution in [0.5, 0.6) is 0 Å². The largest absolute Gasteiger partial charge is 0.311 e. The lowest BCUT2D eigenvalue weighted by molar-refractivity contribution is 0.482. The fraction of sp³-hybridized carbons (Fsp3) is 0. The number of nitrogens with one attached hydrogen (secondary N) is 4. The Labute approximate surface area is 174 Å². The van der Waals surface area contributed by atoms with Gasteiger partial charge in [-0.1, -0.05) is 22.7 Å². The fourth-order valence-electron chi connectivity index (χ4n) is 2.86. The Balaban J connectivity index is 1.85. The molecule has 2 heterocycles. The van der Waals surface area contributed by atoms with Crippen molar-refractivity contribution in [2.75, 3.05) is 10.9 Å². The van der Waals surface area contributed by atoms with Crippen LogP contribution < -0.4 is 20.6 Å². The molecule has 0 aliphatic rings. The number of anilines is 2. The maximum Gasteiger partial charge on any atom is 0.305 e. The van der Waals surface area contributed by atoms with Crippen LogP contribution in [0.3, 0.4) is 0 Å². The molecule has 6 N–H and O–H groups in total. The Morgan fingerprint density at radius 2 is 1.07 bits per heavy atom. The normalized spacial score (nSPS) is 12.5. The van der Waals surface area contributed by atoms with Crippen molar-refractivity contribution in [1.29, 1.82) is 0 Å². The van der Waals surface area contributed by atoms with Gasteiger partial charge in [0, 0.05) is 0 Å². The first-order valence-corrected chi connectivity index (χ1v) is 12.2. The molecule has 2 aromatic heterocycles. The van der Waals surface area contributed by atoms with Crippen LogP contribution in [0.2, 0.25) is 0 Å². The maximum absolute atomic E-state index is 11.9. The maximum atomic E-state index is 11.9. The number of aromatic amines is 2. The van der Waals surface area contributed by atoms with Gasteiger partial charge in [0.15, 0.2) is 0 Å². The average Bonchev–Trinajstić information content (AvgIpc) is 3.16. The zero-order valence-electron chi connectivity index (χ0n) is 14.3. The van der Waals surface area contributed by atoms with Crippen molar-refractivity contribution in [3.05, 3.63) is 43.6 Å². The molecule has 4 aromatic rings. The zero-order valence-corrected chi connectivity index (χ0v) is 17.6. The van der Waals surface area contributed by atoms with Crippen molar-refractivity contribution < 1.29 is 25.9 Å². The highest BCUT2D eigenvalue weighted by atomic mass is 32.2. The standard InChI is InChI=1S/C14H10N4O8S4/c19-13-15-9-7(27-13)3-1-5(11(9)29(21,22)23)17-18-6-2-4-8-10(16-14(20)28-8)12(6)30(24,25)26/h1-4,17-18H,(H,15,19)(H,16,20)(H,21,22,23)(H,24,25,26). The molecule has 16 heteroatoms. The summed E-state index contributed by atoms with van der Waals surface area (Å²) in [5.41, 5.74) is 4.22. The summed E-state index contributed by atoms with van der Waals surface area (Å²) in [6.45, 7) is 0. The Kier molecular flexibility index (Phi) is 4.71. The van der Waals surface area contributed by atoms with Crippen LogP contribution in [0.15, 0.2) is 43.6 Å². The third kappa shape index (κ3) is 3.59. The summed E-state index contributed by atoms with van der Waals surface area (Å²) >= 11 is 1.47. The van der Waals surface area contributed by atoms with Gasteiger partial charge in [-0.15, -0.1) is 0 Å². The highest BCUT2D eigenvalue weighted by molar-refractivity contribution is 7.86. The smallest absolute Gasteiger partial charge is 0.305 e. The van der Waals surface area contributed by atoms with Gasteiger partial charge in [0.25, 0.3) is 20.2 Å². The molecule has 2 aromatic carbocycles. The van der Waals surface area contributed by atoms with Gasteiger partial charge in [-0.3, -0.25) is 29.5 Å². The summed E-state index contributed by atoms with van der Waals surface area (Å²) in [7, 11) is -9.60. The highest BCUT2D eigenvalue weighted by Gasteiger charge is 2.24. The van der Waals surface area contributed by atoms with E-state index in [1.165, 1.54) is 24.3 Å². The van der Waals surface area contributed by atoms with Crippen LogP contribution in [-0.2, 0) is 20.2 Å². The number of fused-ring (bicyclic) bond motifs is 2. The van der Waals surface area contributed by atoms with Crippen molar-refractivity contribution in [3.8, 4) is 0 Å². The quantitative estimate of drug-likeness (QED) is 0.176. The van der Waals surface area contributed by atoms with E-state index in [9.17, 15) is 35.5 Å². The van der Waals surface area contributed by atoms with Gasteiger partial charge in [0.2, 0.25) is 0 Å². The molecule has 158 valence electrons. The van der Waals surface area contributed by atoms with E-state index in [4.69, 9.17) is 0 Å². The van der Waals surface area contributed by atoms with Crippen molar-refractivity contribution in [1.82, 2.24) is 9.97 Å². The molecule has 4 rings (SSSR count). The predicted molar refractivity (Wildman–Crippen MR) is 112 cm³/mol. The molecule has 0 amide bonds. The molecule has 0 fully saturated rings. The second-order valence-electron chi connectivity index (χ2n) is 5.86. The summed E-state index contributed by atoms with van der Waals surface area (Å²) in [6.07, 6.45) is 0. The molecule has 0 saturated heterocycles. The number of hydrogen-bond donors (Lipinski definition) is 6. The van der Waals surface area contributed by atoms with Gasteiger partial charge in [0.05, 0.1) is 31.8 Å². The molecule has 0 aliphatic carbocycles. The lowest BCUT2D eigenvalue weighted by Crippen LogP contribution is -2.15. The summed E-state index contributed by atoms with van der Waals surface area (Å²) < 4.78 is 67.3. The minimum absolute atomic E-state index is 0.132. The number of hydrogen-bond acceptors (Lipinski definition) is 10. The van der Waals surface area contributed by atoms with E-state index in [1.54, 1.807) is 0 Å². The van der Waals surface area contributed by atoms with E-state index in [-0.39, 0.29) is 31.8 Å². The average molecular weight is 491 g/mol. The number of aromatic nitrogens is 2. The van der Waals surface area contributed by atoms with Crippen LogP contribution in [0, 0.1) is 0 Å². The van der Waals surface area contributed by atoms with Crippen LogP contribution in [0.4, 0.5) is 11.4 Å². The van der Waals surface area contributed by atoms with Crippen molar-refractivity contribution in [3.63, 3.8) is 0 Å². The Morgan fingerprint density at radius 1 is 0.700 bits per heavy atom. The number of rotatable bonds is 5. The molecule has 0 bridgehead atoms. The number of H-pyrrole nitrogens is 2. The van der Waals surface area contributed by atoms with Crippen LogP contribution in [-0.4, -0.2) is 35.9 Å². The summed E-state index contributed by atoms with van der Waals surface area (Å²) in [5, 5.41) is 0. The minimum atomic E-state index is -4.80. The summed E-state index contributed by atoms with van der Waals surface area (Å²) in [4.78, 5) is 25.4. The van der Waals surface area contributed by atoms with Crippen LogP contribution in [0.1, 0.15) is 0 Å². The third-order valence-corrected chi connectivity index (χ3v) is 7.52. The predicted octanol–water partition coefficient (Wildman–Crippen LogP) is 1.43. The first-order chi connectivity index (χ1) is 13.9. The topological polar surface area (TPSA) is 199 Å². The van der Waals surface area contributed by atoms with Crippen molar-refractivity contribution in [2.45, 2.75) is 9.79 Å². The minimum Gasteiger partial charge on any atom is -0.311 e. The fourth-order valence-corrected chi connectivity index (χ4v) is 6.11. The molecule has 0 radical (unpaired) electrons. The lowest BCUT2D eigenvalue weighted by atomic mass is 10.3. The van der Waals surface area contributed by atoms with Crippen molar-refractivity contribution >= 4 is 74.7 Å². The first kappa shape index (κ1) is 20.5. The van der Waals surface area contributed by atoms with E-state index in [1.807, 2.05) is 0 Å². The lowest BCUT2D eigenvalue weighted by Gasteiger charge is -2.15. The molecule has 30 heavy (non-hydrogen) atoms. The molecule has 0 aliphatic heterocycles. The van der Waals surface area contributed by atoms with Gasteiger partial charge >= 0.3 is 9.75 Å². The van der Waals surface area contributed by atoms with Gasteiger partial charge in [-0.05, 0) is 24.3 Å². The van der Waals surface area contributed by atoms with E-state index < -0.39 is 39.8 Å². The third-order valence-electron chi connectivity index (χ3n) is 3.95.